The average molecular weight is 349 g/mol. The Hall–Kier alpha value is -2.48. The summed E-state index contributed by atoms with van der Waals surface area (Å²) in [6, 6.07) is 6.85. The van der Waals surface area contributed by atoms with Crippen molar-refractivity contribution < 1.29 is 9.66 Å². The van der Waals surface area contributed by atoms with Gasteiger partial charge in [0, 0.05) is 16.9 Å². The van der Waals surface area contributed by atoms with E-state index in [0.717, 1.165) is 10.1 Å². The number of imidazole rings is 1. The molecule has 7 nitrogen and oxygen atoms in total. The normalized spacial score (nSPS) is 10.7. The molecular weight excluding hydrogens is 340 g/mol. The summed E-state index contributed by atoms with van der Waals surface area (Å²) in [5.74, 6) is -0.176. The number of halogens is 1. The van der Waals surface area contributed by atoms with Gasteiger partial charge in [-0.05, 0) is 50.1 Å². The highest BCUT2D eigenvalue weighted by Crippen LogP contribution is 2.24. The van der Waals surface area contributed by atoms with Crippen molar-refractivity contribution in [2.45, 2.75) is 6.61 Å². The van der Waals surface area contributed by atoms with Crippen LogP contribution in [0.4, 0.5) is 5.82 Å². The summed E-state index contributed by atoms with van der Waals surface area (Å²) >= 11 is 3.38. The van der Waals surface area contributed by atoms with Crippen LogP contribution in [0.15, 0.2) is 47.3 Å². The second kappa shape index (κ2) is 5.49. The van der Waals surface area contributed by atoms with Crippen molar-refractivity contribution in [2.24, 2.45) is 0 Å². The minimum absolute atomic E-state index is 0.126. The number of aromatic nitrogens is 3. The average Bonchev–Trinajstić information content (AvgIpc) is 2.87. The smallest absolute Gasteiger partial charge is 0.406 e. The van der Waals surface area contributed by atoms with Crippen LogP contribution in [0.2, 0.25) is 0 Å². The third-order valence-corrected chi connectivity index (χ3v) is 3.23. The summed E-state index contributed by atoms with van der Waals surface area (Å²) in [5, 5.41) is 10.8. The fourth-order valence-corrected chi connectivity index (χ4v) is 2.22. The molecule has 0 amide bonds. The number of nitrogens with zero attached hydrogens (tertiary/aromatic N) is 4. The zero-order valence-electron chi connectivity index (χ0n) is 10.6. The molecule has 0 aliphatic carbocycles. The molecular formula is C13H9BrN4O3. The SMILES string of the molecule is O=[N+]([O-])c1ncccc1OCc1cn2cc(Br)ccc2n1. The van der Waals surface area contributed by atoms with E-state index in [9.17, 15) is 10.1 Å². The molecule has 0 saturated heterocycles. The highest BCUT2D eigenvalue weighted by Gasteiger charge is 2.16. The van der Waals surface area contributed by atoms with Crippen LogP contribution in [0.5, 0.6) is 5.75 Å². The van der Waals surface area contributed by atoms with Crippen LogP contribution in [0.25, 0.3) is 5.65 Å². The number of hydrogen-bond acceptors (Lipinski definition) is 5. The Kier molecular flexibility index (Phi) is 3.53. The first-order chi connectivity index (χ1) is 10.1. The lowest BCUT2D eigenvalue weighted by molar-refractivity contribution is -0.390. The summed E-state index contributed by atoms with van der Waals surface area (Å²) in [5.41, 5.74) is 1.45. The molecule has 0 atom stereocenters. The molecule has 3 heterocycles. The number of ether oxygens (including phenoxy) is 1. The van der Waals surface area contributed by atoms with Crippen LogP contribution in [0.1, 0.15) is 5.69 Å². The predicted octanol–water partition coefficient (Wildman–Crippen LogP) is 2.98. The lowest BCUT2D eigenvalue weighted by Gasteiger charge is -2.03. The monoisotopic (exact) mass is 348 g/mol. The lowest BCUT2D eigenvalue weighted by atomic mass is 10.4. The maximum Gasteiger partial charge on any atom is 0.406 e. The van der Waals surface area contributed by atoms with E-state index >= 15 is 0 Å². The lowest BCUT2D eigenvalue weighted by Crippen LogP contribution is -2.00. The van der Waals surface area contributed by atoms with Crippen molar-refractivity contribution >= 4 is 27.4 Å². The predicted molar refractivity (Wildman–Crippen MR) is 78.1 cm³/mol. The molecule has 0 bridgehead atoms. The molecule has 0 unspecified atom stereocenters. The van der Waals surface area contributed by atoms with Gasteiger partial charge in [-0.2, -0.15) is 0 Å². The van der Waals surface area contributed by atoms with E-state index in [-0.39, 0.29) is 18.2 Å². The van der Waals surface area contributed by atoms with E-state index in [4.69, 9.17) is 4.74 Å². The first-order valence-corrected chi connectivity index (χ1v) is 6.78. The molecule has 106 valence electrons. The summed E-state index contributed by atoms with van der Waals surface area (Å²) in [4.78, 5) is 18.3. The second-order valence-electron chi connectivity index (χ2n) is 4.22. The molecule has 3 aromatic rings. The van der Waals surface area contributed by atoms with E-state index in [1.54, 1.807) is 6.07 Å². The van der Waals surface area contributed by atoms with Crippen molar-refractivity contribution in [2.75, 3.05) is 0 Å². The van der Waals surface area contributed by atoms with E-state index < -0.39 is 4.92 Å². The van der Waals surface area contributed by atoms with E-state index in [2.05, 4.69) is 25.9 Å². The molecule has 8 heteroatoms. The van der Waals surface area contributed by atoms with Gasteiger partial charge in [0.05, 0.1) is 5.69 Å². The Labute approximate surface area is 127 Å². The van der Waals surface area contributed by atoms with Crippen molar-refractivity contribution in [3.8, 4) is 5.75 Å². The van der Waals surface area contributed by atoms with Gasteiger partial charge in [0.2, 0.25) is 5.75 Å². The van der Waals surface area contributed by atoms with Crippen LogP contribution in [-0.4, -0.2) is 19.3 Å². The highest BCUT2D eigenvalue weighted by molar-refractivity contribution is 9.10. The number of rotatable bonds is 4. The molecule has 0 aliphatic rings. The minimum atomic E-state index is -0.573. The molecule has 0 spiro atoms. The molecule has 0 aromatic carbocycles. The third kappa shape index (κ3) is 2.84. The molecule has 21 heavy (non-hydrogen) atoms. The molecule has 0 radical (unpaired) electrons. The molecule has 0 fully saturated rings. The molecule has 3 rings (SSSR count). The molecule has 3 aromatic heterocycles. The third-order valence-electron chi connectivity index (χ3n) is 2.76. The van der Waals surface area contributed by atoms with Gasteiger partial charge in [-0.1, -0.05) is 0 Å². The maximum absolute atomic E-state index is 10.8. The van der Waals surface area contributed by atoms with Gasteiger partial charge < -0.3 is 19.3 Å². The number of nitro groups is 1. The van der Waals surface area contributed by atoms with Gasteiger partial charge in [-0.15, -0.1) is 0 Å². The number of hydrogen-bond donors (Lipinski definition) is 0. The minimum Gasteiger partial charge on any atom is -0.479 e. The van der Waals surface area contributed by atoms with Gasteiger partial charge in [0.25, 0.3) is 0 Å². The van der Waals surface area contributed by atoms with Crippen LogP contribution in [-0.2, 0) is 6.61 Å². The Morgan fingerprint density at radius 1 is 1.33 bits per heavy atom. The van der Waals surface area contributed by atoms with Crippen LogP contribution >= 0.6 is 15.9 Å². The van der Waals surface area contributed by atoms with Crippen molar-refractivity contribution in [1.82, 2.24) is 14.4 Å². The molecule has 0 aliphatic heterocycles. The van der Waals surface area contributed by atoms with Crippen LogP contribution < -0.4 is 4.74 Å². The number of pyridine rings is 2. The van der Waals surface area contributed by atoms with Crippen LogP contribution in [0, 0.1) is 10.1 Å². The summed E-state index contributed by atoms with van der Waals surface area (Å²) < 4.78 is 8.23. The van der Waals surface area contributed by atoms with E-state index in [1.807, 2.05) is 28.9 Å². The highest BCUT2D eigenvalue weighted by atomic mass is 79.9. The van der Waals surface area contributed by atoms with E-state index in [0.29, 0.717) is 5.69 Å². The largest absolute Gasteiger partial charge is 0.479 e. The number of fused-ring (bicyclic) bond motifs is 1. The Balaban J connectivity index is 1.82. The van der Waals surface area contributed by atoms with Gasteiger partial charge in [0.15, 0.2) is 0 Å². The quantitative estimate of drug-likeness (QED) is 0.534. The first-order valence-electron chi connectivity index (χ1n) is 5.99. The van der Waals surface area contributed by atoms with Crippen molar-refractivity contribution in [1.29, 1.82) is 0 Å². The zero-order chi connectivity index (χ0) is 14.8. The van der Waals surface area contributed by atoms with Gasteiger partial charge in [-0.3, -0.25) is 0 Å². The maximum atomic E-state index is 10.8. The Bertz CT molecular complexity index is 818. The van der Waals surface area contributed by atoms with Crippen LogP contribution in [0.3, 0.4) is 0 Å². The van der Waals surface area contributed by atoms with E-state index in [1.165, 1.54) is 12.3 Å². The topological polar surface area (TPSA) is 82.6 Å². The summed E-state index contributed by atoms with van der Waals surface area (Å²) in [6.45, 7) is 0.131. The standard InChI is InChI=1S/C13H9BrN4O3/c14-9-3-4-12-16-10(7-17(12)6-9)8-21-11-2-1-5-15-13(11)18(19)20/h1-7H,8H2. The Morgan fingerprint density at radius 2 is 2.19 bits per heavy atom. The summed E-state index contributed by atoms with van der Waals surface area (Å²) in [6.07, 6.45) is 5.04. The zero-order valence-corrected chi connectivity index (χ0v) is 12.2. The van der Waals surface area contributed by atoms with Crippen molar-refractivity contribution in [3.05, 3.63) is 63.1 Å². The fourth-order valence-electron chi connectivity index (χ4n) is 1.87. The first kappa shape index (κ1) is 13.5. The second-order valence-corrected chi connectivity index (χ2v) is 5.13. The van der Waals surface area contributed by atoms with Gasteiger partial charge in [-0.25, -0.2) is 4.98 Å². The fraction of sp³-hybridized carbons (Fsp3) is 0.0769. The van der Waals surface area contributed by atoms with Gasteiger partial charge >= 0.3 is 5.82 Å². The molecule has 0 saturated carbocycles. The van der Waals surface area contributed by atoms with Gasteiger partial charge in [0.1, 0.15) is 18.5 Å². The van der Waals surface area contributed by atoms with Crippen molar-refractivity contribution in [3.63, 3.8) is 0 Å². The molecule has 0 N–H and O–H groups in total. The summed E-state index contributed by atoms with van der Waals surface area (Å²) in [7, 11) is 0. The Morgan fingerprint density at radius 3 is 3.00 bits per heavy atom.